The van der Waals surface area contributed by atoms with Gasteiger partial charge in [0.1, 0.15) is 4.90 Å². The smallest absolute Gasteiger partial charge is 0.319 e. The minimum atomic E-state index is -3.85. The van der Waals surface area contributed by atoms with Crippen LogP contribution >= 0.6 is 0 Å². The zero-order chi connectivity index (χ0) is 16.4. The Balaban J connectivity index is 2.04. The highest BCUT2D eigenvalue weighted by atomic mass is 32.2. The van der Waals surface area contributed by atoms with Crippen molar-refractivity contribution < 1.29 is 17.9 Å². The van der Waals surface area contributed by atoms with E-state index in [4.69, 9.17) is 9.47 Å². The molecule has 0 saturated carbocycles. The maximum atomic E-state index is 12.3. The van der Waals surface area contributed by atoms with E-state index in [9.17, 15) is 8.42 Å². The van der Waals surface area contributed by atoms with Crippen LogP contribution in [0, 0.1) is 0 Å². The van der Waals surface area contributed by atoms with Gasteiger partial charge in [-0.05, 0) is 12.1 Å². The van der Waals surface area contributed by atoms with Crippen LogP contribution in [0.1, 0.15) is 0 Å². The van der Waals surface area contributed by atoms with Gasteiger partial charge in [0.25, 0.3) is 16.0 Å². The Hall–Kier alpha value is -2.95. The van der Waals surface area contributed by atoms with E-state index < -0.39 is 10.0 Å². The van der Waals surface area contributed by atoms with E-state index >= 15 is 0 Å². The zero-order valence-electron chi connectivity index (χ0n) is 12.2. The second kappa shape index (κ2) is 5.68. The zero-order valence-corrected chi connectivity index (χ0v) is 13.0. The van der Waals surface area contributed by atoms with Crippen molar-refractivity contribution in [3.8, 4) is 11.8 Å². The Kier molecular flexibility index (Phi) is 3.70. The van der Waals surface area contributed by atoms with Gasteiger partial charge in [-0.25, -0.2) is 13.1 Å². The summed E-state index contributed by atoms with van der Waals surface area (Å²) in [4.78, 5) is 11.9. The van der Waals surface area contributed by atoms with Gasteiger partial charge in [0.05, 0.1) is 20.4 Å². The number of nitrogens with one attached hydrogen (secondary N) is 1. The number of rotatable bonds is 5. The van der Waals surface area contributed by atoms with Crippen molar-refractivity contribution in [1.29, 1.82) is 0 Å². The molecule has 0 saturated heterocycles. The first-order chi connectivity index (χ1) is 11.0. The lowest BCUT2D eigenvalue weighted by molar-refractivity contribution is 0.359. The van der Waals surface area contributed by atoms with Gasteiger partial charge in [-0.3, -0.25) is 4.98 Å². The molecule has 3 aromatic rings. The summed E-state index contributed by atoms with van der Waals surface area (Å²) in [6, 6.07) is 3.07. The summed E-state index contributed by atoms with van der Waals surface area (Å²) in [5, 5.41) is 4.03. The largest absolute Gasteiger partial charge is 0.491 e. The van der Waals surface area contributed by atoms with E-state index in [1.165, 1.54) is 49.5 Å². The molecule has 0 aliphatic rings. The van der Waals surface area contributed by atoms with Crippen LogP contribution in [0.3, 0.4) is 0 Å². The van der Waals surface area contributed by atoms with Gasteiger partial charge in [0, 0.05) is 12.4 Å². The molecule has 0 amide bonds. The molecule has 0 spiro atoms. The summed E-state index contributed by atoms with van der Waals surface area (Å²) in [6.45, 7) is 0. The first-order valence-electron chi connectivity index (χ1n) is 6.32. The Labute approximate surface area is 131 Å². The van der Waals surface area contributed by atoms with Crippen LogP contribution in [0.2, 0.25) is 0 Å². The number of aromatic nitrogens is 5. The third kappa shape index (κ3) is 2.73. The van der Waals surface area contributed by atoms with Gasteiger partial charge < -0.3 is 9.47 Å². The van der Waals surface area contributed by atoms with Gasteiger partial charge in [0.2, 0.25) is 5.65 Å². The monoisotopic (exact) mass is 336 g/mol. The highest BCUT2D eigenvalue weighted by molar-refractivity contribution is 7.92. The number of ether oxygens (including phenoxy) is 2. The average molecular weight is 336 g/mol. The first kappa shape index (κ1) is 15.0. The van der Waals surface area contributed by atoms with Crippen molar-refractivity contribution in [2.75, 3.05) is 18.9 Å². The van der Waals surface area contributed by atoms with Gasteiger partial charge in [-0.2, -0.15) is 14.5 Å². The second-order valence-electron chi connectivity index (χ2n) is 4.28. The van der Waals surface area contributed by atoms with E-state index in [0.717, 1.165) is 0 Å². The van der Waals surface area contributed by atoms with Crippen molar-refractivity contribution in [3.63, 3.8) is 0 Å². The standard InChI is InChI=1S/C12H12N6O4S/c1-21-9-7-14-12(22-2)18-10(9)15-11(16-18)17-23(19,20)8-4-3-5-13-6-8/h3-7H,1-2H3,(H,16,17). The number of sulfonamides is 1. The van der Waals surface area contributed by atoms with Crippen molar-refractivity contribution >= 4 is 21.6 Å². The van der Waals surface area contributed by atoms with Crippen molar-refractivity contribution in [2.45, 2.75) is 4.90 Å². The summed E-state index contributed by atoms with van der Waals surface area (Å²) in [5.74, 6) is 0.184. The lowest BCUT2D eigenvalue weighted by Gasteiger charge is -2.03. The number of methoxy groups -OCH3 is 2. The van der Waals surface area contributed by atoms with Crippen LogP contribution in [0.4, 0.5) is 5.95 Å². The van der Waals surface area contributed by atoms with E-state index in [1.807, 2.05) is 0 Å². The SMILES string of the molecule is COc1cnc(OC)n2nc(NS(=O)(=O)c3cccnc3)nc12. The Bertz CT molecular complexity index is 900. The molecular formula is C12H12N6O4S. The lowest BCUT2D eigenvalue weighted by Crippen LogP contribution is -2.14. The third-order valence-corrected chi connectivity index (χ3v) is 4.19. The van der Waals surface area contributed by atoms with E-state index in [-0.39, 0.29) is 22.5 Å². The molecule has 0 bridgehead atoms. The fourth-order valence-corrected chi connectivity index (χ4v) is 2.74. The molecule has 3 rings (SSSR count). The minimum Gasteiger partial charge on any atom is -0.491 e. The molecule has 0 unspecified atom stereocenters. The van der Waals surface area contributed by atoms with Gasteiger partial charge in [-0.15, -0.1) is 5.10 Å². The molecule has 120 valence electrons. The molecule has 1 N–H and O–H groups in total. The Morgan fingerprint density at radius 3 is 2.70 bits per heavy atom. The summed E-state index contributed by atoms with van der Waals surface area (Å²) in [7, 11) is -0.999. The quantitative estimate of drug-likeness (QED) is 0.708. The number of hydrogen-bond acceptors (Lipinski definition) is 8. The second-order valence-corrected chi connectivity index (χ2v) is 5.96. The van der Waals surface area contributed by atoms with Gasteiger partial charge in [-0.1, -0.05) is 0 Å². The first-order valence-corrected chi connectivity index (χ1v) is 7.80. The molecule has 0 aromatic carbocycles. The summed E-state index contributed by atoms with van der Waals surface area (Å²) in [6.07, 6.45) is 4.10. The summed E-state index contributed by atoms with van der Waals surface area (Å²) in [5.41, 5.74) is 0.267. The normalized spacial score (nSPS) is 11.4. The highest BCUT2D eigenvalue weighted by Crippen LogP contribution is 2.22. The van der Waals surface area contributed by atoms with Gasteiger partial charge >= 0.3 is 6.01 Å². The Morgan fingerprint density at radius 1 is 1.22 bits per heavy atom. The maximum absolute atomic E-state index is 12.3. The van der Waals surface area contributed by atoms with Crippen molar-refractivity contribution in [2.24, 2.45) is 0 Å². The maximum Gasteiger partial charge on any atom is 0.319 e. The number of hydrogen-bond donors (Lipinski definition) is 1. The molecule has 3 aromatic heterocycles. The van der Waals surface area contributed by atoms with Crippen LogP contribution in [-0.4, -0.2) is 47.2 Å². The lowest BCUT2D eigenvalue weighted by atomic mass is 10.5. The topological polar surface area (TPSA) is 121 Å². The molecule has 0 aliphatic heterocycles. The number of pyridine rings is 1. The third-order valence-electron chi connectivity index (χ3n) is 2.87. The minimum absolute atomic E-state index is 0.00379. The van der Waals surface area contributed by atoms with Crippen molar-refractivity contribution in [3.05, 3.63) is 30.7 Å². The van der Waals surface area contributed by atoms with E-state index in [1.54, 1.807) is 0 Å². The molecule has 10 nitrogen and oxygen atoms in total. The summed E-state index contributed by atoms with van der Waals surface area (Å²) < 4.78 is 38.2. The summed E-state index contributed by atoms with van der Waals surface area (Å²) >= 11 is 0. The number of nitrogens with zero attached hydrogens (tertiary/aromatic N) is 5. The molecule has 0 fully saturated rings. The van der Waals surface area contributed by atoms with E-state index in [0.29, 0.717) is 5.75 Å². The van der Waals surface area contributed by atoms with Gasteiger partial charge in [0.15, 0.2) is 5.75 Å². The molecule has 23 heavy (non-hydrogen) atoms. The molecule has 3 heterocycles. The molecule has 0 radical (unpaired) electrons. The number of anilines is 1. The fourth-order valence-electron chi connectivity index (χ4n) is 1.84. The van der Waals surface area contributed by atoms with E-state index in [2.05, 4.69) is 24.8 Å². The van der Waals surface area contributed by atoms with Crippen LogP contribution in [-0.2, 0) is 10.0 Å². The number of fused-ring (bicyclic) bond motifs is 1. The fraction of sp³-hybridized carbons (Fsp3) is 0.167. The van der Waals surface area contributed by atoms with Crippen LogP contribution in [0.5, 0.6) is 11.8 Å². The molecule has 0 atom stereocenters. The average Bonchev–Trinajstić information content (AvgIpc) is 2.97. The Morgan fingerprint density at radius 2 is 2.04 bits per heavy atom. The molecular weight excluding hydrogens is 324 g/mol. The van der Waals surface area contributed by atoms with Crippen molar-refractivity contribution in [1.82, 2.24) is 24.6 Å². The highest BCUT2D eigenvalue weighted by Gasteiger charge is 2.19. The molecule has 0 aliphatic carbocycles. The predicted molar refractivity (Wildman–Crippen MR) is 78.9 cm³/mol. The van der Waals surface area contributed by atoms with Crippen LogP contribution < -0.4 is 14.2 Å². The molecule has 11 heteroatoms. The van der Waals surface area contributed by atoms with Crippen LogP contribution in [0.25, 0.3) is 5.65 Å². The predicted octanol–water partition coefficient (Wildman–Crippen LogP) is 0.337. The van der Waals surface area contributed by atoms with Crippen LogP contribution in [0.15, 0.2) is 35.6 Å².